The Morgan fingerprint density at radius 1 is 1.45 bits per heavy atom. The van der Waals surface area contributed by atoms with Gasteiger partial charge >= 0.3 is 0 Å². The largest absolute Gasteiger partial charge is 0.329 e. The van der Waals surface area contributed by atoms with Gasteiger partial charge in [-0.25, -0.2) is 4.39 Å². The van der Waals surface area contributed by atoms with Crippen molar-refractivity contribution in [3.63, 3.8) is 0 Å². The second-order valence-electron chi connectivity index (χ2n) is 2.40. The molecule has 2 nitrogen and oxygen atoms in total. The summed E-state index contributed by atoms with van der Waals surface area (Å²) in [7, 11) is 0. The minimum Gasteiger partial charge on any atom is -0.329 e. The zero-order chi connectivity index (χ0) is 8.27. The van der Waals surface area contributed by atoms with Crippen LogP contribution >= 0.6 is 0 Å². The third-order valence-corrected chi connectivity index (χ3v) is 1.53. The van der Waals surface area contributed by atoms with Crippen molar-refractivity contribution in [2.24, 2.45) is 11.5 Å². The summed E-state index contributed by atoms with van der Waals surface area (Å²) in [6.45, 7) is 0.337. The number of rotatable bonds is 2. The number of hydrogen-bond donors (Lipinski definition) is 2. The molecule has 0 fully saturated rings. The van der Waals surface area contributed by atoms with Gasteiger partial charge < -0.3 is 11.5 Å². The number of halogens is 1. The molecule has 0 bridgehead atoms. The Balaban J connectivity index is 2.86. The number of benzene rings is 1. The molecule has 1 rings (SSSR count). The van der Waals surface area contributed by atoms with Crippen LogP contribution in [0.2, 0.25) is 0 Å². The van der Waals surface area contributed by atoms with Crippen LogP contribution in [0.3, 0.4) is 0 Å². The third kappa shape index (κ3) is 2.00. The fraction of sp³-hybridized carbons (Fsp3) is 0.250. The first-order chi connectivity index (χ1) is 5.24. The third-order valence-electron chi connectivity index (χ3n) is 1.53. The maximum atomic E-state index is 12.6. The number of nitrogens with two attached hydrogens (primary N) is 2. The summed E-state index contributed by atoms with van der Waals surface area (Å²) >= 11 is 0. The lowest BCUT2D eigenvalue weighted by Crippen LogP contribution is -2.20. The summed E-state index contributed by atoms with van der Waals surface area (Å²) in [6, 6.07) is 5.91. The molecule has 1 aromatic rings. The van der Waals surface area contributed by atoms with E-state index in [0.717, 1.165) is 5.56 Å². The van der Waals surface area contributed by atoms with E-state index in [-0.39, 0.29) is 11.9 Å². The average Bonchev–Trinajstić information content (AvgIpc) is 2.03. The van der Waals surface area contributed by atoms with Crippen LogP contribution in [-0.4, -0.2) is 6.54 Å². The van der Waals surface area contributed by atoms with Crippen molar-refractivity contribution in [3.8, 4) is 0 Å². The van der Waals surface area contributed by atoms with Gasteiger partial charge in [0, 0.05) is 12.6 Å². The monoisotopic (exact) mass is 154 g/mol. The predicted octanol–water partition coefficient (Wildman–Crippen LogP) is 0.784. The van der Waals surface area contributed by atoms with Crippen molar-refractivity contribution in [2.45, 2.75) is 6.04 Å². The molecule has 0 heterocycles. The second kappa shape index (κ2) is 3.46. The van der Waals surface area contributed by atoms with E-state index in [1.807, 2.05) is 0 Å². The maximum Gasteiger partial charge on any atom is 0.123 e. The van der Waals surface area contributed by atoms with Crippen LogP contribution in [0.25, 0.3) is 0 Å². The van der Waals surface area contributed by atoms with Gasteiger partial charge in [0.15, 0.2) is 0 Å². The van der Waals surface area contributed by atoms with E-state index >= 15 is 0 Å². The van der Waals surface area contributed by atoms with Crippen molar-refractivity contribution in [1.29, 1.82) is 0 Å². The Hall–Kier alpha value is -0.930. The average molecular weight is 154 g/mol. The van der Waals surface area contributed by atoms with Crippen LogP contribution in [0.4, 0.5) is 4.39 Å². The molecule has 0 saturated carbocycles. The first kappa shape index (κ1) is 8.17. The first-order valence-corrected chi connectivity index (χ1v) is 3.45. The molecular formula is C8H11FN2. The van der Waals surface area contributed by atoms with Crippen LogP contribution in [0.1, 0.15) is 11.6 Å². The molecule has 0 amide bonds. The van der Waals surface area contributed by atoms with Crippen molar-refractivity contribution in [2.75, 3.05) is 6.54 Å². The lowest BCUT2D eigenvalue weighted by atomic mass is 10.1. The molecule has 4 N–H and O–H groups in total. The molecule has 3 heteroatoms. The lowest BCUT2D eigenvalue weighted by molar-refractivity contribution is 0.620. The summed E-state index contributed by atoms with van der Waals surface area (Å²) in [5.41, 5.74) is 11.6. The van der Waals surface area contributed by atoms with Crippen molar-refractivity contribution in [3.05, 3.63) is 35.6 Å². The van der Waals surface area contributed by atoms with Crippen molar-refractivity contribution < 1.29 is 4.39 Å². The van der Waals surface area contributed by atoms with Gasteiger partial charge in [-0.3, -0.25) is 0 Å². The Morgan fingerprint density at radius 3 is 2.73 bits per heavy atom. The van der Waals surface area contributed by atoms with Gasteiger partial charge in [-0.2, -0.15) is 0 Å². The van der Waals surface area contributed by atoms with Crippen molar-refractivity contribution >= 4 is 0 Å². The highest BCUT2D eigenvalue weighted by Gasteiger charge is 2.02. The van der Waals surface area contributed by atoms with Crippen LogP contribution in [0.5, 0.6) is 0 Å². The minimum atomic E-state index is -0.272. The van der Waals surface area contributed by atoms with Gasteiger partial charge in [0.2, 0.25) is 0 Å². The molecule has 1 atom stereocenters. The zero-order valence-electron chi connectivity index (χ0n) is 6.13. The van der Waals surface area contributed by atoms with Crippen LogP contribution in [0.15, 0.2) is 24.3 Å². The fourth-order valence-corrected chi connectivity index (χ4v) is 0.873. The summed E-state index contributed by atoms with van der Waals surface area (Å²) in [5, 5.41) is 0. The molecule has 0 unspecified atom stereocenters. The van der Waals surface area contributed by atoms with Crippen LogP contribution in [-0.2, 0) is 0 Å². The van der Waals surface area contributed by atoms with E-state index in [2.05, 4.69) is 0 Å². The smallest absolute Gasteiger partial charge is 0.123 e. The maximum absolute atomic E-state index is 12.6. The molecule has 11 heavy (non-hydrogen) atoms. The Labute approximate surface area is 65.0 Å². The Bertz CT molecular complexity index is 237. The van der Waals surface area contributed by atoms with E-state index in [1.165, 1.54) is 12.1 Å². The molecule has 60 valence electrons. The fourth-order valence-electron chi connectivity index (χ4n) is 0.873. The van der Waals surface area contributed by atoms with Gasteiger partial charge in [-0.05, 0) is 17.7 Å². The van der Waals surface area contributed by atoms with Crippen LogP contribution < -0.4 is 11.5 Å². The van der Waals surface area contributed by atoms with Gasteiger partial charge in [-0.1, -0.05) is 12.1 Å². The van der Waals surface area contributed by atoms with Gasteiger partial charge in [0.05, 0.1) is 0 Å². The number of hydrogen-bond acceptors (Lipinski definition) is 2. The molecule has 1 aromatic carbocycles. The molecular weight excluding hydrogens is 143 g/mol. The Kier molecular flexibility index (Phi) is 2.57. The molecule has 0 aliphatic heterocycles. The van der Waals surface area contributed by atoms with Crippen LogP contribution in [0, 0.1) is 5.82 Å². The topological polar surface area (TPSA) is 52.0 Å². The zero-order valence-corrected chi connectivity index (χ0v) is 6.13. The molecule has 0 saturated heterocycles. The van der Waals surface area contributed by atoms with E-state index in [4.69, 9.17) is 11.5 Å². The first-order valence-electron chi connectivity index (χ1n) is 3.45. The molecule has 0 aromatic heterocycles. The highest BCUT2D eigenvalue weighted by atomic mass is 19.1. The normalized spacial score (nSPS) is 13.0. The van der Waals surface area contributed by atoms with E-state index < -0.39 is 0 Å². The van der Waals surface area contributed by atoms with E-state index in [0.29, 0.717) is 6.54 Å². The van der Waals surface area contributed by atoms with Gasteiger partial charge in [0.1, 0.15) is 5.82 Å². The highest BCUT2D eigenvalue weighted by Crippen LogP contribution is 2.09. The van der Waals surface area contributed by atoms with Gasteiger partial charge in [0.25, 0.3) is 0 Å². The summed E-state index contributed by atoms with van der Waals surface area (Å²) in [6.07, 6.45) is 0. The minimum absolute atomic E-state index is 0.259. The molecule has 0 spiro atoms. The predicted molar refractivity (Wildman–Crippen MR) is 42.4 cm³/mol. The summed E-state index contributed by atoms with van der Waals surface area (Å²) in [5.74, 6) is -0.272. The summed E-state index contributed by atoms with van der Waals surface area (Å²) in [4.78, 5) is 0. The van der Waals surface area contributed by atoms with E-state index in [1.54, 1.807) is 12.1 Å². The highest BCUT2D eigenvalue weighted by molar-refractivity contribution is 5.19. The Morgan fingerprint density at radius 2 is 2.18 bits per heavy atom. The quantitative estimate of drug-likeness (QED) is 0.661. The second-order valence-corrected chi connectivity index (χ2v) is 2.40. The summed E-state index contributed by atoms with van der Waals surface area (Å²) < 4.78 is 12.6. The molecule has 0 radical (unpaired) electrons. The molecule has 0 aliphatic carbocycles. The SMILES string of the molecule is NC[C@@H](N)c1cccc(F)c1. The standard InChI is InChI=1S/C8H11FN2/c9-7-3-1-2-6(4-7)8(11)5-10/h1-4,8H,5,10-11H2/t8-/m1/s1. The van der Waals surface area contributed by atoms with E-state index in [9.17, 15) is 4.39 Å². The molecule has 0 aliphatic rings. The van der Waals surface area contributed by atoms with Crippen molar-refractivity contribution in [1.82, 2.24) is 0 Å². The van der Waals surface area contributed by atoms with Gasteiger partial charge in [-0.15, -0.1) is 0 Å². The lowest BCUT2D eigenvalue weighted by Gasteiger charge is -2.07.